The molecule has 2 N–H and O–H groups in total. The van der Waals surface area contributed by atoms with E-state index in [1.165, 1.54) is 0 Å². The number of carbonyl (C=O) groups is 1. The Morgan fingerprint density at radius 2 is 2.09 bits per heavy atom. The fourth-order valence-corrected chi connectivity index (χ4v) is 2.01. The zero-order valence-electron chi connectivity index (χ0n) is 12.1. The first-order valence-corrected chi connectivity index (χ1v) is 6.93. The fourth-order valence-electron chi connectivity index (χ4n) is 1.84. The molecule has 0 aliphatic heterocycles. The summed E-state index contributed by atoms with van der Waals surface area (Å²) in [6, 6.07) is 7.50. The van der Waals surface area contributed by atoms with Crippen molar-refractivity contribution in [1.29, 1.82) is 0 Å². The third-order valence-corrected chi connectivity index (χ3v) is 3.53. The smallest absolute Gasteiger partial charge is 0.262 e. The van der Waals surface area contributed by atoms with Gasteiger partial charge in [-0.3, -0.25) is 4.79 Å². The van der Waals surface area contributed by atoms with Crippen molar-refractivity contribution in [1.82, 2.24) is 0 Å². The molecule has 2 rings (SSSR count). The van der Waals surface area contributed by atoms with Gasteiger partial charge in [-0.05, 0) is 37.1 Å². The summed E-state index contributed by atoms with van der Waals surface area (Å²) >= 11 is 5.68. The standard InChI is InChI=1S/C16H15ClFNO3/c1-9-4-3-5-15(10(9)2)22-8-16(21)19-13-6-11(17)14(20)7-12(13)18/h3-7,20H,8H2,1-2H3,(H,19,21). The van der Waals surface area contributed by atoms with Crippen LogP contribution in [0.5, 0.6) is 11.5 Å². The van der Waals surface area contributed by atoms with Crippen LogP contribution in [-0.4, -0.2) is 17.6 Å². The van der Waals surface area contributed by atoms with Crippen molar-refractivity contribution in [3.63, 3.8) is 0 Å². The van der Waals surface area contributed by atoms with Crippen LogP contribution < -0.4 is 10.1 Å². The molecule has 1 amide bonds. The summed E-state index contributed by atoms with van der Waals surface area (Å²) in [5, 5.41) is 11.6. The first-order valence-electron chi connectivity index (χ1n) is 6.55. The number of benzene rings is 2. The van der Waals surface area contributed by atoms with E-state index in [1.54, 1.807) is 6.07 Å². The summed E-state index contributed by atoms with van der Waals surface area (Å²) in [4.78, 5) is 11.8. The van der Waals surface area contributed by atoms with Crippen LogP contribution in [0.15, 0.2) is 30.3 Å². The highest BCUT2D eigenvalue weighted by molar-refractivity contribution is 6.32. The Balaban J connectivity index is 2.02. The molecule has 0 bridgehead atoms. The number of nitrogens with one attached hydrogen (secondary N) is 1. The molecule has 116 valence electrons. The summed E-state index contributed by atoms with van der Waals surface area (Å²) in [5.74, 6) is -1.09. The van der Waals surface area contributed by atoms with Gasteiger partial charge in [0.25, 0.3) is 5.91 Å². The summed E-state index contributed by atoms with van der Waals surface area (Å²) in [7, 11) is 0. The van der Waals surface area contributed by atoms with E-state index < -0.39 is 11.7 Å². The van der Waals surface area contributed by atoms with Gasteiger partial charge in [-0.25, -0.2) is 4.39 Å². The summed E-state index contributed by atoms with van der Waals surface area (Å²) < 4.78 is 19.0. The van der Waals surface area contributed by atoms with Crippen LogP contribution in [0.1, 0.15) is 11.1 Å². The number of ether oxygens (including phenoxy) is 1. The molecule has 0 atom stereocenters. The first kappa shape index (κ1) is 16.1. The number of aromatic hydroxyl groups is 1. The van der Waals surface area contributed by atoms with Crippen LogP contribution in [0.2, 0.25) is 5.02 Å². The minimum Gasteiger partial charge on any atom is -0.506 e. The minimum absolute atomic E-state index is 0.0489. The Morgan fingerprint density at radius 3 is 2.82 bits per heavy atom. The van der Waals surface area contributed by atoms with E-state index in [-0.39, 0.29) is 23.1 Å². The SMILES string of the molecule is Cc1cccc(OCC(=O)Nc2cc(Cl)c(O)cc2F)c1C. The molecule has 0 fully saturated rings. The number of halogens is 2. The highest BCUT2D eigenvalue weighted by Gasteiger charge is 2.12. The summed E-state index contributed by atoms with van der Waals surface area (Å²) in [5.41, 5.74) is 1.88. The lowest BCUT2D eigenvalue weighted by Crippen LogP contribution is -2.21. The third kappa shape index (κ3) is 3.68. The Labute approximate surface area is 132 Å². The zero-order valence-corrected chi connectivity index (χ0v) is 12.9. The number of aryl methyl sites for hydroxylation is 1. The molecule has 0 aliphatic carbocycles. The van der Waals surface area contributed by atoms with E-state index >= 15 is 0 Å². The topological polar surface area (TPSA) is 58.6 Å². The van der Waals surface area contributed by atoms with Gasteiger partial charge in [0.05, 0.1) is 10.7 Å². The molecule has 4 nitrogen and oxygen atoms in total. The van der Waals surface area contributed by atoms with Gasteiger partial charge in [0.1, 0.15) is 17.3 Å². The average Bonchev–Trinajstić information content (AvgIpc) is 2.46. The van der Waals surface area contributed by atoms with Gasteiger partial charge >= 0.3 is 0 Å². The molecular formula is C16H15ClFNO3. The number of anilines is 1. The molecule has 0 unspecified atom stereocenters. The number of phenols is 1. The van der Waals surface area contributed by atoms with Crippen molar-refractivity contribution in [2.75, 3.05) is 11.9 Å². The fraction of sp³-hybridized carbons (Fsp3) is 0.188. The third-order valence-electron chi connectivity index (χ3n) is 3.22. The number of amides is 1. The normalized spacial score (nSPS) is 10.4. The van der Waals surface area contributed by atoms with Gasteiger partial charge in [0.2, 0.25) is 0 Å². The van der Waals surface area contributed by atoms with Crippen LogP contribution in [-0.2, 0) is 4.79 Å². The molecule has 22 heavy (non-hydrogen) atoms. The highest BCUT2D eigenvalue weighted by atomic mass is 35.5. The monoisotopic (exact) mass is 323 g/mol. The minimum atomic E-state index is -0.776. The van der Waals surface area contributed by atoms with Crippen LogP contribution in [0.4, 0.5) is 10.1 Å². The second kappa shape index (κ2) is 6.66. The van der Waals surface area contributed by atoms with Crippen molar-refractivity contribution in [3.05, 3.63) is 52.3 Å². The molecule has 0 aliphatic rings. The van der Waals surface area contributed by atoms with E-state index in [4.69, 9.17) is 16.3 Å². The number of hydrogen-bond acceptors (Lipinski definition) is 3. The maximum absolute atomic E-state index is 13.6. The van der Waals surface area contributed by atoms with E-state index in [1.807, 2.05) is 26.0 Å². The van der Waals surface area contributed by atoms with Gasteiger partial charge in [0, 0.05) is 6.07 Å². The summed E-state index contributed by atoms with van der Waals surface area (Å²) in [6.45, 7) is 3.57. The molecular weight excluding hydrogens is 309 g/mol. The van der Waals surface area contributed by atoms with Gasteiger partial charge in [-0.15, -0.1) is 0 Å². The number of hydrogen-bond donors (Lipinski definition) is 2. The van der Waals surface area contributed by atoms with Gasteiger partial charge in [0.15, 0.2) is 6.61 Å². The zero-order chi connectivity index (χ0) is 16.3. The first-order chi connectivity index (χ1) is 10.4. The predicted molar refractivity (Wildman–Crippen MR) is 83.1 cm³/mol. The highest BCUT2D eigenvalue weighted by Crippen LogP contribution is 2.29. The Bertz CT molecular complexity index is 719. The largest absolute Gasteiger partial charge is 0.506 e. The Kier molecular flexibility index (Phi) is 4.88. The molecule has 0 spiro atoms. The van der Waals surface area contributed by atoms with Crippen LogP contribution in [0.25, 0.3) is 0 Å². The maximum atomic E-state index is 13.6. The molecule has 0 radical (unpaired) electrons. The molecule has 6 heteroatoms. The van der Waals surface area contributed by atoms with Crippen LogP contribution in [0.3, 0.4) is 0 Å². The van der Waals surface area contributed by atoms with Crippen molar-refractivity contribution < 1.29 is 19.0 Å². The van der Waals surface area contributed by atoms with E-state index in [0.29, 0.717) is 5.75 Å². The molecule has 0 saturated carbocycles. The van der Waals surface area contributed by atoms with E-state index in [9.17, 15) is 14.3 Å². The van der Waals surface area contributed by atoms with Crippen molar-refractivity contribution in [3.8, 4) is 11.5 Å². The van der Waals surface area contributed by atoms with Crippen LogP contribution in [0, 0.1) is 19.7 Å². The Hall–Kier alpha value is -2.27. The lowest BCUT2D eigenvalue weighted by atomic mass is 10.1. The van der Waals surface area contributed by atoms with Gasteiger partial charge in [-0.2, -0.15) is 0 Å². The second-order valence-electron chi connectivity index (χ2n) is 4.82. The second-order valence-corrected chi connectivity index (χ2v) is 5.23. The quantitative estimate of drug-likeness (QED) is 0.841. The molecule has 0 heterocycles. The molecule has 0 saturated heterocycles. The van der Waals surface area contributed by atoms with Crippen molar-refractivity contribution in [2.24, 2.45) is 0 Å². The number of phenolic OH excluding ortho intramolecular Hbond substituents is 1. The lowest BCUT2D eigenvalue weighted by Gasteiger charge is -2.11. The molecule has 0 aromatic heterocycles. The van der Waals surface area contributed by atoms with Gasteiger partial charge < -0.3 is 15.2 Å². The maximum Gasteiger partial charge on any atom is 0.262 e. The molecule has 2 aromatic rings. The lowest BCUT2D eigenvalue weighted by molar-refractivity contribution is -0.118. The average molecular weight is 324 g/mol. The number of carbonyl (C=O) groups excluding carboxylic acids is 1. The van der Waals surface area contributed by atoms with Crippen LogP contribution >= 0.6 is 11.6 Å². The molecule has 2 aromatic carbocycles. The predicted octanol–water partition coefficient (Wildman–Crippen LogP) is 3.82. The van der Waals surface area contributed by atoms with E-state index in [0.717, 1.165) is 23.3 Å². The van der Waals surface area contributed by atoms with E-state index in [2.05, 4.69) is 5.32 Å². The van der Waals surface area contributed by atoms with Gasteiger partial charge in [-0.1, -0.05) is 23.7 Å². The summed E-state index contributed by atoms with van der Waals surface area (Å²) in [6.07, 6.45) is 0. The number of rotatable bonds is 4. The van der Waals surface area contributed by atoms with Crippen molar-refractivity contribution >= 4 is 23.2 Å². The Morgan fingerprint density at radius 1 is 1.36 bits per heavy atom. The van der Waals surface area contributed by atoms with Crippen molar-refractivity contribution in [2.45, 2.75) is 13.8 Å².